The number of hydrogen-bond acceptors (Lipinski definition) is 5. The molecule has 0 radical (unpaired) electrons. The summed E-state index contributed by atoms with van der Waals surface area (Å²) in [4.78, 5) is 23.2. The maximum Gasteiger partial charge on any atom is 0.269 e. The van der Waals surface area contributed by atoms with Crippen LogP contribution >= 0.6 is 0 Å². The number of carbonyl (C=O) groups is 2. The Morgan fingerprint density at radius 3 is 2.85 bits per heavy atom. The van der Waals surface area contributed by atoms with Crippen molar-refractivity contribution in [2.24, 2.45) is 0 Å². The molecule has 0 saturated heterocycles. The molecule has 0 atom stereocenters. The standard InChI is InChI=1S/C14H14N2O4/c17-11-3-1-2-10(7-11)15-16-14(18)9-4-5-12-13(6-9)20-8-19-12/h4-7,15H,1-3,8H2,(H,16,18). The summed E-state index contributed by atoms with van der Waals surface area (Å²) in [6, 6.07) is 4.98. The van der Waals surface area contributed by atoms with Gasteiger partial charge in [-0.1, -0.05) is 0 Å². The van der Waals surface area contributed by atoms with Gasteiger partial charge < -0.3 is 14.9 Å². The number of ether oxygens (including phenoxy) is 2. The number of amides is 1. The Kier molecular flexibility index (Phi) is 3.28. The summed E-state index contributed by atoms with van der Waals surface area (Å²) in [5.74, 6) is 0.984. The molecule has 20 heavy (non-hydrogen) atoms. The van der Waals surface area contributed by atoms with E-state index < -0.39 is 0 Å². The average molecular weight is 274 g/mol. The van der Waals surface area contributed by atoms with Crippen LogP contribution in [0.1, 0.15) is 29.6 Å². The molecule has 1 aromatic rings. The van der Waals surface area contributed by atoms with E-state index in [4.69, 9.17) is 9.47 Å². The molecule has 104 valence electrons. The van der Waals surface area contributed by atoms with E-state index in [0.29, 0.717) is 23.5 Å². The van der Waals surface area contributed by atoms with Gasteiger partial charge in [-0.15, -0.1) is 0 Å². The minimum atomic E-state index is -0.290. The van der Waals surface area contributed by atoms with E-state index in [1.54, 1.807) is 18.2 Å². The third-order valence-corrected chi connectivity index (χ3v) is 3.18. The number of allylic oxidation sites excluding steroid dienone is 2. The second-order valence-electron chi connectivity index (χ2n) is 4.64. The predicted octanol–water partition coefficient (Wildman–Crippen LogP) is 1.29. The number of ketones is 1. The van der Waals surface area contributed by atoms with Gasteiger partial charge in [0.25, 0.3) is 5.91 Å². The van der Waals surface area contributed by atoms with Crippen molar-refractivity contribution in [1.29, 1.82) is 0 Å². The molecule has 1 aromatic carbocycles. The number of carbonyl (C=O) groups excluding carboxylic acids is 2. The van der Waals surface area contributed by atoms with Gasteiger partial charge in [0.15, 0.2) is 17.3 Å². The first-order valence-electron chi connectivity index (χ1n) is 6.42. The van der Waals surface area contributed by atoms with Crippen LogP contribution in [0, 0.1) is 0 Å². The molecule has 3 rings (SSSR count). The second kappa shape index (κ2) is 5.24. The Labute approximate surface area is 115 Å². The highest BCUT2D eigenvalue weighted by molar-refractivity contribution is 5.95. The minimum absolute atomic E-state index is 0.0797. The van der Waals surface area contributed by atoms with Crippen LogP contribution in [0.5, 0.6) is 11.5 Å². The maximum absolute atomic E-state index is 12.0. The number of nitrogens with one attached hydrogen (secondary N) is 2. The lowest BCUT2D eigenvalue weighted by Gasteiger charge is -2.15. The molecule has 1 aliphatic heterocycles. The highest BCUT2D eigenvalue weighted by Crippen LogP contribution is 2.32. The molecule has 6 nitrogen and oxygen atoms in total. The summed E-state index contributed by atoms with van der Waals surface area (Å²) in [5, 5.41) is 0. The van der Waals surface area contributed by atoms with Crippen LogP contribution in [0.3, 0.4) is 0 Å². The third-order valence-electron chi connectivity index (χ3n) is 3.18. The average Bonchev–Trinajstić information content (AvgIpc) is 2.92. The lowest BCUT2D eigenvalue weighted by molar-refractivity contribution is -0.115. The zero-order valence-electron chi connectivity index (χ0n) is 10.8. The quantitative estimate of drug-likeness (QED) is 0.812. The summed E-state index contributed by atoms with van der Waals surface area (Å²) in [6.07, 6.45) is 3.66. The summed E-state index contributed by atoms with van der Waals surface area (Å²) < 4.78 is 10.4. The van der Waals surface area contributed by atoms with Crippen LogP contribution in [0.4, 0.5) is 0 Å². The van der Waals surface area contributed by atoms with Gasteiger partial charge in [-0.3, -0.25) is 15.0 Å². The lowest BCUT2D eigenvalue weighted by Crippen LogP contribution is -2.37. The van der Waals surface area contributed by atoms with Crippen molar-refractivity contribution >= 4 is 11.7 Å². The third kappa shape index (κ3) is 2.59. The highest BCUT2D eigenvalue weighted by Gasteiger charge is 2.16. The van der Waals surface area contributed by atoms with Crippen LogP contribution in [0.25, 0.3) is 0 Å². The fourth-order valence-electron chi connectivity index (χ4n) is 2.14. The molecule has 1 aliphatic carbocycles. The van der Waals surface area contributed by atoms with Crippen LogP contribution in [-0.2, 0) is 4.79 Å². The van der Waals surface area contributed by atoms with Crippen molar-refractivity contribution in [3.8, 4) is 11.5 Å². The topological polar surface area (TPSA) is 76.7 Å². The normalized spacial score (nSPS) is 16.6. The van der Waals surface area contributed by atoms with E-state index in [1.165, 1.54) is 6.08 Å². The van der Waals surface area contributed by atoms with Gasteiger partial charge in [0.2, 0.25) is 6.79 Å². The van der Waals surface area contributed by atoms with Crippen LogP contribution in [0.15, 0.2) is 30.0 Å². The minimum Gasteiger partial charge on any atom is -0.454 e. The molecule has 1 heterocycles. The van der Waals surface area contributed by atoms with E-state index >= 15 is 0 Å². The molecule has 1 amide bonds. The summed E-state index contributed by atoms with van der Waals surface area (Å²) in [7, 11) is 0. The SMILES string of the molecule is O=C1C=C(NNC(=O)c2ccc3c(c2)OCO3)CCC1. The summed E-state index contributed by atoms with van der Waals surface area (Å²) >= 11 is 0. The van der Waals surface area contributed by atoms with Gasteiger partial charge in [-0.25, -0.2) is 0 Å². The van der Waals surface area contributed by atoms with Crippen molar-refractivity contribution < 1.29 is 19.1 Å². The first-order chi connectivity index (χ1) is 9.72. The molecule has 2 aliphatic rings. The first kappa shape index (κ1) is 12.5. The second-order valence-corrected chi connectivity index (χ2v) is 4.64. The predicted molar refractivity (Wildman–Crippen MR) is 70.1 cm³/mol. The van der Waals surface area contributed by atoms with Crippen LogP contribution in [0.2, 0.25) is 0 Å². The summed E-state index contributed by atoms with van der Waals surface area (Å²) in [6.45, 7) is 0.174. The molecule has 6 heteroatoms. The van der Waals surface area contributed by atoms with Crippen molar-refractivity contribution in [3.05, 3.63) is 35.5 Å². The van der Waals surface area contributed by atoms with Crippen molar-refractivity contribution in [3.63, 3.8) is 0 Å². The number of fused-ring (bicyclic) bond motifs is 1. The van der Waals surface area contributed by atoms with E-state index in [2.05, 4.69) is 10.9 Å². The van der Waals surface area contributed by atoms with E-state index in [1.807, 2.05) is 0 Å². The van der Waals surface area contributed by atoms with Gasteiger partial charge in [-0.2, -0.15) is 0 Å². The Balaban J connectivity index is 1.63. The monoisotopic (exact) mass is 274 g/mol. The van der Waals surface area contributed by atoms with Gasteiger partial charge in [-0.05, 0) is 31.0 Å². The molecule has 0 bridgehead atoms. The molecule has 0 spiro atoms. The fourth-order valence-corrected chi connectivity index (χ4v) is 2.14. The fraction of sp³-hybridized carbons (Fsp3) is 0.286. The summed E-state index contributed by atoms with van der Waals surface area (Å²) in [5.41, 5.74) is 6.56. The van der Waals surface area contributed by atoms with Crippen LogP contribution < -0.4 is 20.3 Å². The van der Waals surface area contributed by atoms with E-state index in [-0.39, 0.29) is 18.5 Å². The van der Waals surface area contributed by atoms with E-state index in [9.17, 15) is 9.59 Å². The van der Waals surface area contributed by atoms with Crippen molar-refractivity contribution in [2.45, 2.75) is 19.3 Å². The molecular weight excluding hydrogens is 260 g/mol. The smallest absolute Gasteiger partial charge is 0.269 e. The van der Waals surface area contributed by atoms with Gasteiger partial charge >= 0.3 is 0 Å². The highest BCUT2D eigenvalue weighted by atomic mass is 16.7. The molecule has 2 N–H and O–H groups in total. The number of hydrogen-bond donors (Lipinski definition) is 2. The molecule has 0 unspecified atom stereocenters. The van der Waals surface area contributed by atoms with Gasteiger partial charge in [0.1, 0.15) is 0 Å². The van der Waals surface area contributed by atoms with Crippen LogP contribution in [-0.4, -0.2) is 18.5 Å². The Bertz CT molecular complexity index is 595. The lowest BCUT2D eigenvalue weighted by atomic mass is 10.0. The number of hydrazine groups is 1. The zero-order chi connectivity index (χ0) is 13.9. The molecule has 0 fully saturated rings. The van der Waals surface area contributed by atoms with Crippen molar-refractivity contribution in [1.82, 2.24) is 10.9 Å². The Morgan fingerprint density at radius 1 is 1.15 bits per heavy atom. The van der Waals surface area contributed by atoms with Gasteiger partial charge in [0, 0.05) is 23.8 Å². The van der Waals surface area contributed by atoms with Gasteiger partial charge in [0.05, 0.1) is 0 Å². The Hall–Kier alpha value is -2.50. The Morgan fingerprint density at radius 2 is 2.00 bits per heavy atom. The first-order valence-corrected chi connectivity index (χ1v) is 6.42. The molecule has 0 saturated carbocycles. The van der Waals surface area contributed by atoms with E-state index in [0.717, 1.165) is 18.5 Å². The number of benzene rings is 1. The largest absolute Gasteiger partial charge is 0.454 e. The zero-order valence-corrected chi connectivity index (χ0v) is 10.8. The maximum atomic E-state index is 12.0. The van der Waals surface area contributed by atoms with Crippen molar-refractivity contribution in [2.75, 3.05) is 6.79 Å². The molecule has 0 aromatic heterocycles. The molecular formula is C14H14N2O4. The number of rotatable bonds is 3.